The molecule has 0 aromatic rings. The van der Waals surface area contributed by atoms with Gasteiger partial charge in [0.2, 0.25) is 5.91 Å². The second kappa shape index (κ2) is 53.5. The summed E-state index contributed by atoms with van der Waals surface area (Å²) in [5.74, 6) is -0.166. The highest BCUT2D eigenvalue weighted by molar-refractivity contribution is 7.45. The average molecular weight is 1030 g/mol. The number of nitrogens with one attached hydrogen (secondary N) is 1. The van der Waals surface area contributed by atoms with Crippen molar-refractivity contribution in [3.63, 3.8) is 0 Å². The lowest BCUT2D eigenvalue weighted by Crippen LogP contribution is -2.46. The van der Waals surface area contributed by atoms with Crippen LogP contribution in [0.1, 0.15) is 258 Å². The van der Waals surface area contributed by atoms with E-state index < -0.39 is 20.0 Å². The number of carbonyl (C=O) groups excluding carboxylic acids is 1. The topological polar surface area (TPSA) is 108 Å². The van der Waals surface area contributed by atoms with E-state index in [0.29, 0.717) is 23.9 Å². The molecule has 0 aliphatic carbocycles. The largest absolute Gasteiger partial charge is 0.756 e. The molecule has 0 heterocycles. The van der Waals surface area contributed by atoms with Crippen LogP contribution >= 0.6 is 7.82 Å². The first-order valence-corrected chi connectivity index (χ1v) is 31.4. The minimum Gasteiger partial charge on any atom is -0.756 e. The predicted molar refractivity (Wildman–Crippen MR) is 311 cm³/mol. The Balaban J connectivity index is 3.92. The molecule has 2 N–H and O–H groups in total. The van der Waals surface area contributed by atoms with Crippen LogP contribution in [-0.2, 0) is 18.4 Å². The number of phosphoric ester groups is 1. The number of likely N-dealkylation sites (N-methyl/N-ethyl adjacent to an activating group) is 1. The Bertz CT molecular complexity index is 1450. The van der Waals surface area contributed by atoms with Crippen LogP contribution in [0.15, 0.2) is 85.1 Å². The SMILES string of the molecule is CC/C=C\C/C=C\C/C=C\C/C=C\C/C=C\C/C=C\C/C=C\CCCCCCCCCCCCCCCCCCCC(=O)NC(COP(=O)([O-])OCC[N+](C)(C)C)C(O)CCCCCCCCCCCCC. The van der Waals surface area contributed by atoms with Gasteiger partial charge in [0.1, 0.15) is 13.2 Å². The summed E-state index contributed by atoms with van der Waals surface area (Å²) in [5, 5.41) is 14.0. The zero-order valence-corrected chi connectivity index (χ0v) is 48.5. The Labute approximate surface area is 446 Å². The third-order valence-electron chi connectivity index (χ3n) is 13.1. The van der Waals surface area contributed by atoms with Crippen molar-refractivity contribution < 1.29 is 32.9 Å². The van der Waals surface area contributed by atoms with Gasteiger partial charge in [0.15, 0.2) is 0 Å². The van der Waals surface area contributed by atoms with Crippen molar-refractivity contribution in [1.29, 1.82) is 0 Å². The van der Waals surface area contributed by atoms with Crippen LogP contribution in [0, 0.1) is 0 Å². The van der Waals surface area contributed by atoms with E-state index in [4.69, 9.17) is 9.05 Å². The monoisotopic (exact) mass is 1030 g/mol. The number of hydrogen-bond donors (Lipinski definition) is 2. The van der Waals surface area contributed by atoms with Crippen molar-refractivity contribution >= 4 is 13.7 Å². The average Bonchev–Trinajstić information content (AvgIpc) is 3.34. The van der Waals surface area contributed by atoms with Gasteiger partial charge >= 0.3 is 0 Å². The van der Waals surface area contributed by atoms with E-state index >= 15 is 0 Å². The van der Waals surface area contributed by atoms with E-state index in [-0.39, 0.29) is 19.1 Å². The van der Waals surface area contributed by atoms with Crippen molar-refractivity contribution in [2.75, 3.05) is 40.9 Å². The van der Waals surface area contributed by atoms with Crippen LogP contribution < -0.4 is 10.2 Å². The maximum Gasteiger partial charge on any atom is 0.268 e. The Hall–Kier alpha value is -2.32. The van der Waals surface area contributed by atoms with Gasteiger partial charge in [-0.3, -0.25) is 9.36 Å². The highest BCUT2D eigenvalue weighted by Crippen LogP contribution is 2.38. The molecule has 72 heavy (non-hydrogen) atoms. The Morgan fingerprint density at radius 2 is 0.847 bits per heavy atom. The first-order chi connectivity index (χ1) is 35.0. The van der Waals surface area contributed by atoms with Crippen LogP contribution in [-0.4, -0.2) is 68.5 Å². The molecule has 0 rings (SSSR count). The van der Waals surface area contributed by atoms with Crippen molar-refractivity contribution in [3.05, 3.63) is 85.1 Å². The number of aliphatic hydroxyl groups excluding tert-OH is 1. The van der Waals surface area contributed by atoms with Gasteiger partial charge in [-0.2, -0.15) is 0 Å². The number of aliphatic hydroxyl groups is 1. The zero-order valence-electron chi connectivity index (χ0n) is 47.6. The predicted octanol–water partition coefficient (Wildman–Crippen LogP) is 17.8. The molecule has 0 fully saturated rings. The fraction of sp³-hybridized carbons (Fsp3) is 0.762. The van der Waals surface area contributed by atoms with Crippen LogP contribution in [0.4, 0.5) is 0 Å². The number of rotatable bonds is 54. The van der Waals surface area contributed by atoms with Crippen LogP contribution in [0.2, 0.25) is 0 Å². The highest BCUT2D eigenvalue weighted by atomic mass is 31.2. The summed E-state index contributed by atoms with van der Waals surface area (Å²) < 4.78 is 23.3. The van der Waals surface area contributed by atoms with Gasteiger partial charge in [-0.05, 0) is 70.6 Å². The van der Waals surface area contributed by atoms with Crippen molar-refractivity contribution in [2.24, 2.45) is 0 Å². The van der Waals surface area contributed by atoms with Crippen molar-refractivity contribution in [2.45, 2.75) is 270 Å². The second-order valence-corrected chi connectivity index (χ2v) is 22.7. The lowest BCUT2D eigenvalue weighted by molar-refractivity contribution is -0.870. The van der Waals surface area contributed by atoms with Crippen LogP contribution in [0.3, 0.4) is 0 Å². The van der Waals surface area contributed by atoms with Gasteiger partial charge in [-0.1, -0.05) is 266 Å². The Morgan fingerprint density at radius 3 is 1.24 bits per heavy atom. The summed E-state index contributed by atoms with van der Waals surface area (Å²) in [6, 6.07) is -0.801. The minimum atomic E-state index is -4.57. The lowest BCUT2D eigenvalue weighted by Gasteiger charge is -2.30. The van der Waals surface area contributed by atoms with Gasteiger partial charge in [0.25, 0.3) is 7.82 Å². The number of phosphoric acid groups is 1. The quantitative estimate of drug-likeness (QED) is 0.0272. The molecule has 1 amide bonds. The van der Waals surface area contributed by atoms with E-state index in [2.05, 4.69) is 104 Å². The maximum absolute atomic E-state index is 12.9. The van der Waals surface area contributed by atoms with Gasteiger partial charge in [-0.15, -0.1) is 0 Å². The number of amides is 1. The Kier molecular flexibility index (Phi) is 51.8. The van der Waals surface area contributed by atoms with Gasteiger partial charge < -0.3 is 28.8 Å². The summed E-state index contributed by atoms with van der Waals surface area (Å²) in [6.07, 6.45) is 75.0. The Morgan fingerprint density at radius 1 is 0.500 bits per heavy atom. The third kappa shape index (κ3) is 55.4. The number of hydrogen-bond acceptors (Lipinski definition) is 6. The zero-order chi connectivity index (χ0) is 52.7. The first kappa shape index (κ1) is 69.7. The molecule has 3 atom stereocenters. The number of allylic oxidation sites excluding steroid dienone is 14. The number of carbonyl (C=O) groups is 1. The summed E-state index contributed by atoms with van der Waals surface area (Å²) in [4.78, 5) is 25.5. The molecule has 0 spiro atoms. The summed E-state index contributed by atoms with van der Waals surface area (Å²) in [6.45, 7) is 4.60. The molecule has 0 saturated carbocycles. The van der Waals surface area contributed by atoms with E-state index in [1.807, 2.05) is 21.1 Å². The number of nitrogens with zero attached hydrogens (tertiary/aromatic N) is 1. The standard InChI is InChI=1S/C63H115N2O6P/c1-6-8-10-12-14-16-18-19-20-21-22-23-24-25-26-27-28-29-30-31-32-33-34-35-36-37-38-39-40-41-42-43-44-45-47-49-51-53-55-57-63(67)64-61(60-71-72(68,69)70-59-58-65(3,4)5)62(66)56-54-52-50-48-46-17-15-13-11-9-7-2/h8,10,14,16,19-20,22-23,25-26,28-29,31-32,61-62,66H,6-7,9,11-13,15,17-18,21,24,27,30,33-60H2,1-5H3,(H-,64,67,68,69)/b10-8-,16-14-,20-19-,23-22-,26-25-,29-28-,32-31-. The molecule has 0 aromatic heterocycles. The fourth-order valence-electron chi connectivity index (χ4n) is 8.49. The van der Waals surface area contributed by atoms with Crippen LogP contribution in [0.5, 0.6) is 0 Å². The number of quaternary nitrogens is 1. The molecular weight excluding hydrogens is 912 g/mol. The van der Waals surface area contributed by atoms with E-state index in [1.54, 1.807) is 0 Å². The van der Waals surface area contributed by atoms with Crippen molar-refractivity contribution in [3.8, 4) is 0 Å². The molecule has 3 unspecified atom stereocenters. The highest BCUT2D eigenvalue weighted by Gasteiger charge is 2.24. The first-order valence-electron chi connectivity index (χ1n) is 29.9. The molecule has 0 saturated heterocycles. The van der Waals surface area contributed by atoms with Gasteiger partial charge in [0, 0.05) is 6.42 Å². The maximum atomic E-state index is 12.9. The normalized spacial score (nSPS) is 14.5. The molecular formula is C63H115N2O6P. The molecule has 418 valence electrons. The molecule has 0 radical (unpaired) electrons. The minimum absolute atomic E-state index is 0.0109. The fourth-order valence-corrected chi connectivity index (χ4v) is 9.22. The van der Waals surface area contributed by atoms with Crippen molar-refractivity contribution in [1.82, 2.24) is 5.32 Å². The molecule has 0 aliphatic rings. The number of unbranched alkanes of at least 4 members (excludes halogenated alkanes) is 27. The van der Waals surface area contributed by atoms with Gasteiger partial charge in [0.05, 0.1) is 39.9 Å². The second-order valence-electron chi connectivity index (χ2n) is 21.3. The molecule has 9 heteroatoms. The summed E-state index contributed by atoms with van der Waals surface area (Å²) >= 11 is 0. The molecule has 0 bridgehead atoms. The summed E-state index contributed by atoms with van der Waals surface area (Å²) in [7, 11) is 1.30. The summed E-state index contributed by atoms with van der Waals surface area (Å²) in [5.41, 5.74) is 0. The molecule has 8 nitrogen and oxygen atoms in total. The van der Waals surface area contributed by atoms with Crippen LogP contribution in [0.25, 0.3) is 0 Å². The van der Waals surface area contributed by atoms with E-state index in [1.165, 1.54) is 148 Å². The lowest BCUT2D eigenvalue weighted by atomic mass is 10.0. The third-order valence-corrected chi connectivity index (χ3v) is 14.1. The van der Waals surface area contributed by atoms with E-state index in [0.717, 1.165) is 83.5 Å². The van der Waals surface area contributed by atoms with E-state index in [9.17, 15) is 19.4 Å². The molecule has 0 aromatic carbocycles. The smallest absolute Gasteiger partial charge is 0.268 e. The van der Waals surface area contributed by atoms with Gasteiger partial charge in [-0.25, -0.2) is 0 Å². The molecule has 0 aliphatic heterocycles.